The number of halogens is 4. The molecule has 8 nitrogen and oxygen atoms in total. The van der Waals surface area contributed by atoms with Gasteiger partial charge in [-0.2, -0.15) is 8.78 Å². The van der Waals surface area contributed by atoms with E-state index in [0.717, 1.165) is 30.7 Å². The third-order valence-electron chi connectivity index (χ3n) is 6.82. The van der Waals surface area contributed by atoms with Crippen LogP contribution in [0.4, 0.5) is 13.2 Å². The average Bonchev–Trinajstić information content (AvgIpc) is 3.23. The Balaban J connectivity index is 1.27. The van der Waals surface area contributed by atoms with Crippen LogP contribution in [0.1, 0.15) is 48.9 Å². The Morgan fingerprint density at radius 1 is 1.20 bits per heavy atom. The Hall–Kier alpha value is -3.83. The zero-order chi connectivity index (χ0) is 30.2. The van der Waals surface area contributed by atoms with E-state index < -0.39 is 25.0 Å². The van der Waals surface area contributed by atoms with E-state index in [1.807, 2.05) is 6.07 Å². The fraction of sp³-hybridized carbons (Fsp3) is 0.321. The molecule has 210 valence electrons. The number of carboxylic acids is 1. The van der Waals surface area contributed by atoms with E-state index in [2.05, 4.69) is 19.6 Å². The van der Waals surface area contributed by atoms with E-state index in [4.69, 9.17) is 19.1 Å². The normalized spacial score (nSPS) is 15.8. The molecular formula is C28H26ClF3N4O4. The molecule has 1 aliphatic rings. The van der Waals surface area contributed by atoms with Crippen molar-refractivity contribution in [2.24, 2.45) is 7.05 Å². The maximum atomic E-state index is 14.3. The van der Waals surface area contributed by atoms with E-state index in [-0.39, 0.29) is 39.2 Å². The highest BCUT2D eigenvalue weighted by atomic mass is 35.5. The van der Waals surface area contributed by atoms with Gasteiger partial charge in [-0.1, -0.05) is 23.7 Å². The van der Waals surface area contributed by atoms with Crippen molar-refractivity contribution in [3.63, 3.8) is 0 Å². The molecule has 1 N–H and O–H groups in total. The molecule has 0 bridgehead atoms. The van der Waals surface area contributed by atoms with Crippen LogP contribution in [0.2, 0.25) is 5.02 Å². The first-order valence-electron chi connectivity index (χ1n) is 13.4. The van der Waals surface area contributed by atoms with Crippen molar-refractivity contribution >= 4 is 28.6 Å². The van der Waals surface area contributed by atoms with E-state index in [1.54, 1.807) is 17.7 Å². The second-order valence-corrected chi connectivity index (χ2v) is 9.83. The molecule has 4 aromatic rings. The van der Waals surface area contributed by atoms with Crippen LogP contribution < -0.4 is 9.47 Å². The summed E-state index contributed by atoms with van der Waals surface area (Å²) in [5.74, 6) is -1.73. The molecule has 40 heavy (non-hydrogen) atoms. The van der Waals surface area contributed by atoms with Crippen molar-refractivity contribution in [1.82, 2.24) is 19.4 Å². The quantitative estimate of drug-likeness (QED) is 0.261. The lowest BCUT2D eigenvalue weighted by molar-refractivity contribution is -0.0489. The minimum absolute atomic E-state index is 0.0246. The smallest absolute Gasteiger partial charge is 0.387 e. The van der Waals surface area contributed by atoms with Crippen LogP contribution in [-0.2, 0) is 20.2 Å². The molecule has 0 spiro atoms. The fourth-order valence-electron chi connectivity index (χ4n) is 4.74. The highest BCUT2D eigenvalue weighted by Gasteiger charge is 2.25. The topological polar surface area (TPSA) is 89.7 Å². The summed E-state index contributed by atoms with van der Waals surface area (Å²) in [6.07, 6.45) is 1.45. The Kier molecular flexibility index (Phi) is 7.38. The van der Waals surface area contributed by atoms with Crippen LogP contribution in [0, 0.1) is 5.82 Å². The number of ether oxygens (including phenoxy) is 2. The van der Waals surface area contributed by atoms with E-state index in [0.29, 0.717) is 31.0 Å². The van der Waals surface area contributed by atoms with Gasteiger partial charge in [0.25, 0.3) is 0 Å². The van der Waals surface area contributed by atoms with E-state index in [9.17, 15) is 23.1 Å². The van der Waals surface area contributed by atoms with Crippen molar-refractivity contribution in [3.8, 4) is 11.6 Å². The molecule has 0 amide bonds. The number of rotatable bonds is 9. The minimum atomic E-state index is -3.13. The number of aryl methyl sites for hydroxylation is 1. The van der Waals surface area contributed by atoms with Gasteiger partial charge in [0, 0.05) is 35.3 Å². The Morgan fingerprint density at radius 3 is 2.67 bits per heavy atom. The fourth-order valence-corrected chi connectivity index (χ4v) is 4.90. The van der Waals surface area contributed by atoms with Crippen LogP contribution in [0.3, 0.4) is 0 Å². The molecule has 1 aliphatic heterocycles. The molecule has 5 rings (SSSR count). The molecule has 0 atom stereocenters. The van der Waals surface area contributed by atoms with Crippen molar-refractivity contribution in [3.05, 3.63) is 82.0 Å². The third kappa shape index (κ3) is 6.15. The molecule has 2 aromatic carbocycles. The number of hydrogen-bond acceptors (Lipinski definition) is 6. The number of alkyl halides is 2. The number of pyridine rings is 1. The van der Waals surface area contributed by atoms with Gasteiger partial charge in [-0.15, -0.1) is 0 Å². The van der Waals surface area contributed by atoms with Crippen molar-refractivity contribution in [2.75, 3.05) is 13.1 Å². The summed E-state index contributed by atoms with van der Waals surface area (Å²) in [6, 6.07) is 11.1. The summed E-state index contributed by atoms with van der Waals surface area (Å²) in [5, 5.41) is 9.54. The molecule has 3 heterocycles. The lowest BCUT2D eigenvalue weighted by atomic mass is 9.93. The van der Waals surface area contributed by atoms with Gasteiger partial charge in [-0.25, -0.2) is 19.2 Å². The molecular weight excluding hydrogens is 549 g/mol. The number of likely N-dealkylation sites (tertiary alicyclic amines) is 1. The number of carboxylic acid groups (broad SMARTS) is 1. The van der Waals surface area contributed by atoms with Crippen molar-refractivity contribution in [2.45, 2.75) is 38.5 Å². The number of aromatic nitrogens is 3. The number of aromatic carboxylic acids is 1. The standard InChI is InChI=1S/C28H26ClF3N4O4/c1-35-22-11-18(27(37)38)12-23(40-28(31)32)26(22)34-24(35)14-36-9-7-16(8-10-36)21-3-2-4-25(33-21)39-15-17-5-6-19(29)13-20(17)30/h2-6,11-13,16,28H,7-10,14-15H2,1H3,(H,37,38)/i15D2. The molecule has 0 saturated carbocycles. The zero-order valence-corrected chi connectivity index (χ0v) is 22.0. The van der Waals surface area contributed by atoms with Crippen LogP contribution in [0.15, 0.2) is 48.5 Å². The Labute approximate surface area is 235 Å². The molecule has 0 unspecified atom stereocenters. The van der Waals surface area contributed by atoms with Gasteiger partial charge < -0.3 is 19.1 Å². The van der Waals surface area contributed by atoms with Crippen LogP contribution in [0.5, 0.6) is 11.6 Å². The second-order valence-electron chi connectivity index (χ2n) is 9.39. The lowest BCUT2D eigenvalue weighted by Crippen LogP contribution is -2.33. The minimum Gasteiger partial charge on any atom is -0.478 e. The number of piperidine rings is 1. The molecule has 0 radical (unpaired) electrons. The summed E-state index contributed by atoms with van der Waals surface area (Å²) in [5.41, 5.74) is 0.777. The van der Waals surface area contributed by atoms with E-state index >= 15 is 0 Å². The first-order valence-corrected chi connectivity index (χ1v) is 12.8. The largest absolute Gasteiger partial charge is 0.478 e. The summed E-state index contributed by atoms with van der Waals surface area (Å²) in [4.78, 5) is 22.6. The maximum absolute atomic E-state index is 14.3. The highest BCUT2D eigenvalue weighted by Crippen LogP contribution is 2.32. The first kappa shape index (κ1) is 25.2. The van der Waals surface area contributed by atoms with Gasteiger partial charge in [0.05, 0.1) is 20.4 Å². The van der Waals surface area contributed by atoms with Gasteiger partial charge in [0.1, 0.15) is 23.7 Å². The first-order chi connectivity index (χ1) is 19.9. The predicted molar refractivity (Wildman–Crippen MR) is 142 cm³/mol. The number of carbonyl (C=O) groups is 1. The van der Waals surface area contributed by atoms with Gasteiger partial charge in [-0.05, 0) is 56.3 Å². The molecule has 0 aliphatic carbocycles. The van der Waals surface area contributed by atoms with Gasteiger partial charge in [-0.3, -0.25) is 4.90 Å². The number of hydrogen-bond donors (Lipinski definition) is 1. The summed E-state index contributed by atoms with van der Waals surface area (Å²) in [7, 11) is 1.69. The number of nitrogens with zero attached hydrogens (tertiary/aromatic N) is 4. The third-order valence-corrected chi connectivity index (χ3v) is 7.05. The van der Waals surface area contributed by atoms with Crippen LogP contribution in [0.25, 0.3) is 11.0 Å². The highest BCUT2D eigenvalue weighted by molar-refractivity contribution is 6.30. The van der Waals surface area contributed by atoms with E-state index in [1.165, 1.54) is 24.3 Å². The van der Waals surface area contributed by atoms with Gasteiger partial charge in [0.2, 0.25) is 5.88 Å². The molecule has 1 saturated heterocycles. The van der Waals surface area contributed by atoms with Gasteiger partial charge >= 0.3 is 12.6 Å². The average molecular weight is 577 g/mol. The number of imidazole rings is 1. The van der Waals surface area contributed by atoms with Crippen LogP contribution in [-0.4, -0.2) is 50.2 Å². The van der Waals surface area contributed by atoms with Crippen molar-refractivity contribution < 1.29 is 35.3 Å². The second kappa shape index (κ2) is 11.7. The summed E-state index contributed by atoms with van der Waals surface area (Å²) < 4.78 is 68.5. The molecule has 2 aromatic heterocycles. The lowest BCUT2D eigenvalue weighted by Gasteiger charge is -2.31. The SMILES string of the molecule is [2H]C([2H])(Oc1cccc(C2CCN(Cc3nc4c(OC(F)F)cc(C(=O)O)cc4n3C)CC2)n1)c1ccc(Cl)cc1F. The Bertz CT molecular complexity index is 1630. The summed E-state index contributed by atoms with van der Waals surface area (Å²) >= 11 is 5.78. The van der Waals surface area contributed by atoms with Crippen molar-refractivity contribution in [1.29, 1.82) is 0 Å². The molecule has 1 fully saturated rings. The van der Waals surface area contributed by atoms with Gasteiger partial charge in [0.15, 0.2) is 5.75 Å². The summed E-state index contributed by atoms with van der Waals surface area (Å²) in [6.45, 7) is -3.87. The number of benzene rings is 2. The predicted octanol–water partition coefficient (Wildman–Crippen LogP) is 6.02. The maximum Gasteiger partial charge on any atom is 0.387 e. The Morgan fingerprint density at radius 2 is 1.98 bits per heavy atom. The molecule has 12 heteroatoms. The monoisotopic (exact) mass is 576 g/mol. The van der Waals surface area contributed by atoms with Crippen LogP contribution >= 0.6 is 11.6 Å². The zero-order valence-electron chi connectivity index (χ0n) is 23.3. The number of fused-ring (bicyclic) bond motifs is 1.